The molecule has 0 N–H and O–H groups in total. The number of unbranched alkanes of at least 4 members (excludes halogenated alkanes) is 4. The van der Waals surface area contributed by atoms with Crippen LogP contribution in [0.4, 0.5) is 0 Å². The lowest BCUT2D eigenvalue weighted by atomic mass is 10.3. The van der Waals surface area contributed by atoms with Crippen molar-refractivity contribution in [2.24, 2.45) is 0 Å². The molecule has 0 radical (unpaired) electrons. The largest absolute Gasteiger partial charge is 0.489 e. The van der Waals surface area contributed by atoms with Gasteiger partial charge in [0.25, 0.3) is 0 Å². The highest BCUT2D eigenvalue weighted by atomic mass is 32.1. The van der Waals surface area contributed by atoms with Gasteiger partial charge >= 0.3 is 0 Å². The molecule has 0 aliphatic carbocycles. The third-order valence-corrected chi connectivity index (χ3v) is 3.30. The quantitative estimate of drug-likeness (QED) is 0.555. The topological polar surface area (TPSA) is 18.5 Å². The highest BCUT2D eigenvalue weighted by Gasteiger charge is 2.05. The van der Waals surface area contributed by atoms with Gasteiger partial charge in [-0.25, -0.2) is 0 Å². The normalized spacial score (nSPS) is 10.5. The van der Waals surface area contributed by atoms with E-state index in [0.717, 1.165) is 37.6 Å². The molecule has 0 bridgehead atoms. The maximum atomic E-state index is 5.72. The van der Waals surface area contributed by atoms with Crippen LogP contribution >= 0.6 is 11.3 Å². The Bertz CT molecular complexity index is 257. The molecular formula is C14H24O2S. The number of hydrogen-bond donors (Lipinski definition) is 0. The van der Waals surface area contributed by atoms with E-state index in [0.29, 0.717) is 0 Å². The Morgan fingerprint density at radius 2 is 1.29 bits per heavy atom. The van der Waals surface area contributed by atoms with Gasteiger partial charge in [0, 0.05) is 10.8 Å². The zero-order valence-electron chi connectivity index (χ0n) is 11.0. The summed E-state index contributed by atoms with van der Waals surface area (Å²) in [5.41, 5.74) is 0. The standard InChI is InChI=1S/C14H24O2S/c1-3-5-7-9-15-13-11-17-12-14(13)16-10-8-6-4-2/h11-12H,3-10H2,1-2H3. The molecule has 0 spiro atoms. The van der Waals surface area contributed by atoms with Crippen LogP contribution in [-0.2, 0) is 0 Å². The van der Waals surface area contributed by atoms with Crippen LogP contribution < -0.4 is 9.47 Å². The molecule has 0 aliphatic heterocycles. The minimum absolute atomic E-state index is 0.801. The molecule has 1 heterocycles. The highest BCUT2D eigenvalue weighted by Crippen LogP contribution is 2.31. The van der Waals surface area contributed by atoms with Gasteiger partial charge < -0.3 is 9.47 Å². The van der Waals surface area contributed by atoms with Crippen LogP contribution in [-0.4, -0.2) is 13.2 Å². The summed E-state index contributed by atoms with van der Waals surface area (Å²) in [7, 11) is 0. The Morgan fingerprint density at radius 3 is 1.71 bits per heavy atom. The summed E-state index contributed by atoms with van der Waals surface area (Å²) in [6.07, 6.45) is 7.18. The number of rotatable bonds is 10. The summed E-state index contributed by atoms with van der Waals surface area (Å²) in [6.45, 7) is 6.01. The van der Waals surface area contributed by atoms with Crippen molar-refractivity contribution in [3.63, 3.8) is 0 Å². The Hall–Kier alpha value is -0.700. The first-order valence-corrected chi connectivity index (χ1v) is 7.64. The van der Waals surface area contributed by atoms with Crippen LogP contribution in [0.2, 0.25) is 0 Å². The zero-order valence-corrected chi connectivity index (χ0v) is 11.9. The van der Waals surface area contributed by atoms with Gasteiger partial charge in [0.2, 0.25) is 0 Å². The third-order valence-electron chi connectivity index (χ3n) is 2.60. The molecule has 0 aromatic carbocycles. The van der Waals surface area contributed by atoms with Gasteiger partial charge in [-0.15, -0.1) is 11.3 Å². The maximum absolute atomic E-state index is 5.72. The minimum Gasteiger partial charge on any atom is -0.489 e. The third kappa shape index (κ3) is 5.97. The predicted molar refractivity (Wildman–Crippen MR) is 74.4 cm³/mol. The first kappa shape index (κ1) is 14.4. The summed E-state index contributed by atoms with van der Waals surface area (Å²) in [6, 6.07) is 0. The Morgan fingerprint density at radius 1 is 0.824 bits per heavy atom. The fourth-order valence-corrected chi connectivity index (χ4v) is 2.24. The molecule has 1 rings (SSSR count). The lowest BCUT2D eigenvalue weighted by molar-refractivity contribution is 0.262. The van der Waals surface area contributed by atoms with Gasteiger partial charge in [-0.1, -0.05) is 39.5 Å². The van der Waals surface area contributed by atoms with Crippen LogP contribution in [0.25, 0.3) is 0 Å². The van der Waals surface area contributed by atoms with Crippen LogP contribution in [0.15, 0.2) is 10.8 Å². The van der Waals surface area contributed by atoms with E-state index in [1.54, 1.807) is 11.3 Å². The van der Waals surface area contributed by atoms with E-state index in [2.05, 4.69) is 13.8 Å². The molecule has 0 amide bonds. The fraction of sp³-hybridized carbons (Fsp3) is 0.714. The van der Waals surface area contributed by atoms with Gasteiger partial charge in [-0.3, -0.25) is 0 Å². The first-order valence-electron chi connectivity index (χ1n) is 6.70. The van der Waals surface area contributed by atoms with Gasteiger partial charge in [0.15, 0.2) is 11.5 Å². The molecular weight excluding hydrogens is 232 g/mol. The number of thiophene rings is 1. The maximum Gasteiger partial charge on any atom is 0.171 e. The lowest BCUT2D eigenvalue weighted by Crippen LogP contribution is -2.00. The Kier molecular flexibility index (Phi) is 7.89. The average Bonchev–Trinajstić information content (AvgIpc) is 2.78. The van der Waals surface area contributed by atoms with Crippen molar-refractivity contribution in [3.05, 3.63) is 10.8 Å². The van der Waals surface area contributed by atoms with Crippen LogP contribution in [0.3, 0.4) is 0 Å². The molecule has 0 saturated carbocycles. The smallest absolute Gasteiger partial charge is 0.171 e. The fourth-order valence-electron chi connectivity index (χ4n) is 1.55. The van der Waals surface area contributed by atoms with Crippen molar-refractivity contribution in [2.75, 3.05) is 13.2 Å². The van der Waals surface area contributed by atoms with Crippen molar-refractivity contribution in [2.45, 2.75) is 52.4 Å². The summed E-state index contributed by atoms with van der Waals surface area (Å²) in [4.78, 5) is 0. The van der Waals surface area contributed by atoms with Gasteiger partial charge in [0.1, 0.15) is 0 Å². The molecule has 17 heavy (non-hydrogen) atoms. The van der Waals surface area contributed by atoms with Crippen LogP contribution in [0.1, 0.15) is 52.4 Å². The first-order chi connectivity index (χ1) is 8.38. The zero-order chi connectivity index (χ0) is 12.3. The minimum atomic E-state index is 0.801. The van der Waals surface area contributed by atoms with Crippen LogP contribution in [0.5, 0.6) is 11.5 Å². The van der Waals surface area contributed by atoms with E-state index in [-0.39, 0.29) is 0 Å². The highest BCUT2D eigenvalue weighted by molar-refractivity contribution is 7.08. The predicted octanol–water partition coefficient (Wildman–Crippen LogP) is 4.89. The second-order valence-electron chi connectivity index (χ2n) is 4.21. The molecule has 0 unspecified atom stereocenters. The van der Waals surface area contributed by atoms with E-state index in [1.807, 2.05) is 10.8 Å². The lowest BCUT2D eigenvalue weighted by Gasteiger charge is -2.08. The van der Waals surface area contributed by atoms with E-state index < -0.39 is 0 Å². The van der Waals surface area contributed by atoms with E-state index in [9.17, 15) is 0 Å². The summed E-state index contributed by atoms with van der Waals surface area (Å²) in [5, 5.41) is 4.06. The summed E-state index contributed by atoms with van der Waals surface area (Å²) in [5.74, 6) is 1.84. The SMILES string of the molecule is CCCCCOc1cscc1OCCCCC. The van der Waals surface area contributed by atoms with Crippen LogP contribution in [0, 0.1) is 0 Å². The van der Waals surface area contributed by atoms with Crippen molar-refractivity contribution >= 4 is 11.3 Å². The van der Waals surface area contributed by atoms with Crippen molar-refractivity contribution in [3.8, 4) is 11.5 Å². The van der Waals surface area contributed by atoms with Crippen molar-refractivity contribution < 1.29 is 9.47 Å². The molecule has 1 aromatic heterocycles. The Balaban J connectivity index is 2.22. The molecule has 98 valence electrons. The van der Waals surface area contributed by atoms with Crippen molar-refractivity contribution in [1.82, 2.24) is 0 Å². The molecule has 0 fully saturated rings. The molecule has 3 heteroatoms. The van der Waals surface area contributed by atoms with Crippen molar-refractivity contribution in [1.29, 1.82) is 0 Å². The molecule has 2 nitrogen and oxygen atoms in total. The van der Waals surface area contributed by atoms with E-state index in [4.69, 9.17) is 9.47 Å². The second-order valence-corrected chi connectivity index (χ2v) is 4.95. The number of ether oxygens (including phenoxy) is 2. The molecule has 0 atom stereocenters. The van der Waals surface area contributed by atoms with E-state index >= 15 is 0 Å². The average molecular weight is 256 g/mol. The van der Waals surface area contributed by atoms with E-state index in [1.165, 1.54) is 25.7 Å². The second kappa shape index (κ2) is 9.34. The summed E-state index contributed by atoms with van der Waals surface area (Å²) >= 11 is 1.64. The van der Waals surface area contributed by atoms with Gasteiger partial charge in [-0.05, 0) is 12.8 Å². The molecule has 1 aromatic rings. The van der Waals surface area contributed by atoms with Gasteiger partial charge in [0.05, 0.1) is 13.2 Å². The Labute approximate surface area is 109 Å². The molecule has 0 saturated heterocycles. The number of hydrogen-bond acceptors (Lipinski definition) is 3. The molecule has 0 aliphatic rings. The summed E-state index contributed by atoms with van der Waals surface area (Å²) < 4.78 is 11.4. The van der Waals surface area contributed by atoms with Gasteiger partial charge in [-0.2, -0.15) is 0 Å². The monoisotopic (exact) mass is 256 g/mol.